The number of thioether (sulfide) groups is 1. The summed E-state index contributed by atoms with van der Waals surface area (Å²) in [7, 11) is 0. The van der Waals surface area contributed by atoms with Gasteiger partial charge >= 0.3 is 0 Å². The molecule has 122 valence electrons. The first-order valence-corrected chi connectivity index (χ1v) is 9.14. The monoisotopic (exact) mass is 335 g/mol. The number of hydrogen-bond donors (Lipinski definition) is 1. The Balaban J connectivity index is 1.49. The Bertz CT molecular complexity index is 816. The fourth-order valence-corrected chi connectivity index (χ4v) is 3.40. The maximum atomic E-state index is 12.1. The van der Waals surface area contributed by atoms with Crippen molar-refractivity contribution in [2.24, 2.45) is 0 Å². The molecule has 0 radical (unpaired) electrons. The summed E-state index contributed by atoms with van der Waals surface area (Å²) < 4.78 is 0. The lowest BCUT2D eigenvalue weighted by Gasteiger charge is -2.13. The maximum absolute atomic E-state index is 12.1. The minimum atomic E-state index is 0.0796. The van der Waals surface area contributed by atoms with E-state index >= 15 is 0 Å². The van der Waals surface area contributed by atoms with Gasteiger partial charge in [0.1, 0.15) is 0 Å². The number of hydrogen-bond acceptors (Lipinski definition) is 2. The third-order valence-corrected chi connectivity index (χ3v) is 5.06. The Morgan fingerprint density at radius 3 is 2.46 bits per heavy atom. The smallest absolute Gasteiger partial charge is 0.230 e. The molecule has 0 fully saturated rings. The highest BCUT2D eigenvalue weighted by Crippen LogP contribution is 2.23. The number of carbonyl (C=O) groups excluding carboxylic acids is 1. The Morgan fingerprint density at radius 2 is 1.67 bits per heavy atom. The lowest BCUT2D eigenvalue weighted by atomic mass is 10.0. The molecular weight excluding hydrogens is 314 g/mol. The summed E-state index contributed by atoms with van der Waals surface area (Å²) in [4.78, 5) is 13.2. The second kappa shape index (κ2) is 8.02. The first kappa shape index (κ1) is 16.6. The van der Waals surface area contributed by atoms with Crippen molar-refractivity contribution in [3.8, 4) is 0 Å². The zero-order valence-electron chi connectivity index (χ0n) is 13.7. The second-order valence-electron chi connectivity index (χ2n) is 5.91. The van der Waals surface area contributed by atoms with Gasteiger partial charge in [0.05, 0.1) is 5.75 Å². The molecular formula is C21H21NOS. The summed E-state index contributed by atoms with van der Waals surface area (Å²) in [6.45, 7) is 2.80. The number of carbonyl (C=O) groups is 1. The van der Waals surface area contributed by atoms with Crippen LogP contribution < -0.4 is 5.32 Å². The quantitative estimate of drug-likeness (QED) is 0.652. The van der Waals surface area contributed by atoms with Crippen molar-refractivity contribution in [2.45, 2.75) is 17.7 Å². The summed E-state index contributed by atoms with van der Waals surface area (Å²) in [6.07, 6.45) is 0. The molecule has 0 aliphatic heterocycles. The van der Waals surface area contributed by atoms with Gasteiger partial charge in [0.15, 0.2) is 0 Å². The first-order chi connectivity index (χ1) is 11.7. The van der Waals surface area contributed by atoms with Crippen LogP contribution in [0.5, 0.6) is 0 Å². The summed E-state index contributed by atoms with van der Waals surface area (Å²) in [5.74, 6) is 0.844. The first-order valence-electron chi connectivity index (χ1n) is 8.15. The highest BCUT2D eigenvalue weighted by Gasteiger charge is 2.08. The highest BCUT2D eigenvalue weighted by atomic mass is 32.2. The molecule has 0 heterocycles. The Morgan fingerprint density at radius 1 is 0.958 bits per heavy atom. The maximum Gasteiger partial charge on any atom is 0.230 e. The molecule has 0 saturated carbocycles. The highest BCUT2D eigenvalue weighted by molar-refractivity contribution is 8.00. The predicted molar refractivity (Wildman–Crippen MR) is 103 cm³/mol. The molecule has 0 aliphatic rings. The van der Waals surface area contributed by atoms with E-state index in [0.717, 1.165) is 4.90 Å². The van der Waals surface area contributed by atoms with Crippen LogP contribution in [0.2, 0.25) is 0 Å². The van der Waals surface area contributed by atoms with Crippen LogP contribution in [0.4, 0.5) is 0 Å². The summed E-state index contributed by atoms with van der Waals surface area (Å²) in [5, 5.41) is 5.46. The molecule has 3 heteroatoms. The van der Waals surface area contributed by atoms with Crippen LogP contribution in [0.15, 0.2) is 77.7 Å². The molecule has 2 nitrogen and oxygen atoms in total. The van der Waals surface area contributed by atoms with Gasteiger partial charge in [-0.15, -0.1) is 11.8 Å². The van der Waals surface area contributed by atoms with E-state index in [1.165, 1.54) is 16.3 Å². The molecule has 0 bridgehead atoms. The molecule has 0 aromatic heterocycles. The lowest BCUT2D eigenvalue weighted by molar-refractivity contribution is -0.118. The molecule has 1 amide bonds. The topological polar surface area (TPSA) is 29.1 Å². The molecule has 1 N–H and O–H groups in total. The molecule has 0 aliphatic carbocycles. The van der Waals surface area contributed by atoms with E-state index in [1.807, 2.05) is 30.3 Å². The third kappa shape index (κ3) is 4.39. The van der Waals surface area contributed by atoms with E-state index in [-0.39, 0.29) is 5.91 Å². The number of benzene rings is 3. The molecule has 1 atom stereocenters. The van der Waals surface area contributed by atoms with Crippen LogP contribution in [0, 0.1) is 0 Å². The number of rotatable bonds is 6. The Kier molecular flexibility index (Phi) is 5.55. The normalized spacial score (nSPS) is 12.0. The zero-order chi connectivity index (χ0) is 16.8. The molecule has 3 aromatic carbocycles. The minimum absolute atomic E-state index is 0.0796. The SMILES string of the molecule is CC(CNC(=O)CSc1ccc2ccccc2c1)c1ccccc1. The fourth-order valence-electron chi connectivity index (χ4n) is 2.62. The van der Waals surface area contributed by atoms with Gasteiger partial charge in [0.25, 0.3) is 0 Å². The van der Waals surface area contributed by atoms with Crippen molar-refractivity contribution >= 4 is 28.4 Å². The van der Waals surface area contributed by atoms with Gasteiger partial charge in [-0.1, -0.05) is 67.6 Å². The van der Waals surface area contributed by atoms with Gasteiger partial charge in [-0.3, -0.25) is 4.79 Å². The number of nitrogens with one attached hydrogen (secondary N) is 1. The summed E-state index contributed by atoms with van der Waals surface area (Å²) in [6, 6.07) is 24.9. The summed E-state index contributed by atoms with van der Waals surface area (Å²) in [5.41, 5.74) is 1.25. The Hall–Kier alpha value is -2.26. The largest absolute Gasteiger partial charge is 0.355 e. The van der Waals surface area contributed by atoms with Crippen molar-refractivity contribution in [2.75, 3.05) is 12.3 Å². The molecule has 1 unspecified atom stereocenters. The van der Waals surface area contributed by atoms with E-state index in [4.69, 9.17) is 0 Å². The number of fused-ring (bicyclic) bond motifs is 1. The van der Waals surface area contributed by atoms with E-state index in [1.54, 1.807) is 11.8 Å². The van der Waals surface area contributed by atoms with Crippen LogP contribution in [0.1, 0.15) is 18.4 Å². The van der Waals surface area contributed by atoms with Gasteiger partial charge in [-0.25, -0.2) is 0 Å². The lowest BCUT2D eigenvalue weighted by Crippen LogP contribution is -2.28. The number of amides is 1. The average Bonchev–Trinajstić information content (AvgIpc) is 2.65. The minimum Gasteiger partial charge on any atom is -0.355 e. The van der Waals surface area contributed by atoms with Gasteiger partial charge < -0.3 is 5.32 Å². The standard InChI is InChI=1S/C21H21NOS/c1-16(17-7-3-2-4-8-17)14-22-21(23)15-24-20-12-11-18-9-5-6-10-19(18)13-20/h2-13,16H,14-15H2,1H3,(H,22,23). The van der Waals surface area contributed by atoms with Gasteiger partial charge in [0, 0.05) is 11.4 Å². The van der Waals surface area contributed by atoms with Crippen LogP contribution >= 0.6 is 11.8 Å². The molecule has 0 saturated heterocycles. The zero-order valence-corrected chi connectivity index (χ0v) is 14.6. The van der Waals surface area contributed by atoms with Crippen LogP contribution in [0.3, 0.4) is 0 Å². The van der Waals surface area contributed by atoms with Crippen LogP contribution in [-0.2, 0) is 4.79 Å². The predicted octanol–water partition coefficient (Wildman–Crippen LogP) is 4.85. The Labute approximate surface area is 147 Å². The average molecular weight is 335 g/mol. The van der Waals surface area contributed by atoms with Crippen molar-refractivity contribution < 1.29 is 4.79 Å². The van der Waals surface area contributed by atoms with E-state index in [0.29, 0.717) is 18.2 Å². The molecule has 3 aromatic rings. The molecule has 24 heavy (non-hydrogen) atoms. The molecule has 0 spiro atoms. The summed E-state index contributed by atoms with van der Waals surface area (Å²) >= 11 is 1.58. The van der Waals surface area contributed by atoms with E-state index in [9.17, 15) is 4.79 Å². The van der Waals surface area contributed by atoms with Crippen LogP contribution in [-0.4, -0.2) is 18.2 Å². The fraction of sp³-hybridized carbons (Fsp3) is 0.190. The van der Waals surface area contributed by atoms with Gasteiger partial charge in [0.2, 0.25) is 5.91 Å². The van der Waals surface area contributed by atoms with Crippen molar-refractivity contribution in [1.29, 1.82) is 0 Å². The van der Waals surface area contributed by atoms with Crippen molar-refractivity contribution in [1.82, 2.24) is 5.32 Å². The van der Waals surface area contributed by atoms with Crippen molar-refractivity contribution in [3.05, 3.63) is 78.4 Å². The van der Waals surface area contributed by atoms with Crippen LogP contribution in [0.25, 0.3) is 10.8 Å². The van der Waals surface area contributed by atoms with Gasteiger partial charge in [-0.2, -0.15) is 0 Å². The van der Waals surface area contributed by atoms with Gasteiger partial charge in [-0.05, 0) is 34.4 Å². The van der Waals surface area contributed by atoms with E-state index in [2.05, 4.69) is 54.7 Å². The van der Waals surface area contributed by atoms with Crippen molar-refractivity contribution in [3.63, 3.8) is 0 Å². The third-order valence-electron chi connectivity index (χ3n) is 4.06. The second-order valence-corrected chi connectivity index (χ2v) is 6.96. The van der Waals surface area contributed by atoms with E-state index < -0.39 is 0 Å². The molecule has 3 rings (SSSR count).